The number of carbonyl (C=O) groups is 1. The zero-order valence-electron chi connectivity index (χ0n) is 15.0. The molecule has 2 saturated heterocycles. The minimum atomic E-state index is -0.269. The Morgan fingerprint density at radius 2 is 2.00 bits per heavy atom. The van der Waals surface area contributed by atoms with Crippen molar-refractivity contribution in [3.05, 3.63) is 47.9 Å². The quantitative estimate of drug-likeness (QED) is 0.834. The van der Waals surface area contributed by atoms with E-state index in [1.165, 1.54) is 12.1 Å². The van der Waals surface area contributed by atoms with Gasteiger partial charge in [-0.3, -0.25) is 9.69 Å². The molecule has 2 aliphatic rings. The Balaban J connectivity index is 0.00000109. The molecule has 2 aliphatic heterocycles. The van der Waals surface area contributed by atoms with Crippen LogP contribution in [-0.4, -0.2) is 53.3 Å². The van der Waals surface area contributed by atoms with Crippen molar-refractivity contribution in [1.82, 2.24) is 15.1 Å². The predicted octanol–water partition coefficient (Wildman–Crippen LogP) is 2.98. The summed E-state index contributed by atoms with van der Waals surface area (Å²) >= 11 is 5.72. The molecular weight excluding hydrogens is 341 g/mol. The Morgan fingerprint density at radius 3 is 2.56 bits per heavy atom. The topological polar surface area (TPSA) is 35.6 Å². The van der Waals surface area contributed by atoms with Crippen molar-refractivity contribution in [2.24, 2.45) is 0 Å². The van der Waals surface area contributed by atoms with Crippen LogP contribution in [0.4, 0.5) is 4.39 Å². The number of halogens is 2. The second kappa shape index (κ2) is 8.68. The molecule has 1 N–H and O–H groups in total. The molecule has 0 bridgehead atoms. The van der Waals surface area contributed by atoms with Crippen LogP contribution in [0.2, 0.25) is 0 Å². The Morgan fingerprint density at radius 1 is 1.32 bits per heavy atom. The van der Waals surface area contributed by atoms with Gasteiger partial charge < -0.3 is 10.2 Å². The van der Waals surface area contributed by atoms with E-state index in [2.05, 4.69) is 16.8 Å². The van der Waals surface area contributed by atoms with E-state index in [0.29, 0.717) is 19.6 Å². The fourth-order valence-electron chi connectivity index (χ4n) is 3.55. The normalized spacial score (nSPS) is 23.2. The summed E-state index contributed by atoms with van der Waals surface area (Å²) in [6.45, 7) is 11.7. The first kappa shape index (κ1) is 19.7. The van der Waals surface area contributed by atoms with Crippen LogP contribution in [0.1, 0.15) is 25.8 Å². The lowest BCUT2D eigenvalue weighted by molar-refractivity contribution is -0.133. The molecule has 0 radical (unpaired) electrons. The van der Waals surface area contributed by atoms with E-state index in [1.807, 2.05) is 30.9 Å². The minimum absolute atomic E-state index is 0.00788. The van der Waals surface area contributed by atoms with Crippen molar-refractivity contribution in [2.75, 3.05) is 32.1 Å². The standard InChI is InChI=1S/C17H21ClFN3O.C2H6/c1-13-17(6-7-20-13)12-21(16(23)10-18)8-9-22(17)11-14-2-4-15(19)5-3-14;1-2/h2-5,20H,1,6-12H2;1-2H3. The van der Waals surface area contributed by atoms with Gasteiger partial charge in [-0.1, -0.05) is 32.6 Å². The van der Waals surface area contributed by atoms with E-state index in [0.717, 1.165) is 30.8 Å². The van der Waals surface area contributed by atoms with E-state index >= 15 is 0 Å². The molecule has 1 atom stereocenters. The molecule has 2 fully saturated rings. The van der Waals surface area contributed by atoms with Crippen LogP contribution in [0.5, 0.6) is 0 Å². The van der Waals surface area contributed by atoms with Crippen LogP contribution in [0.25, 0.3) is 0 Å². The van der Waals surface area contributed by atoms with Gasteiger partial charge in [-0.15, -0.1) is 11.6 Å². The van der Waals surface area contributed by atoms with Gasteiger partial charge in [-0.2, -0.15) is 0 Å². The molecule has 1 aromatic rings. The monoisotopic (exact) mass is 367 g/mol. The van der Waals surface area contributed by atoms with Crippen molar-refractivity contribution in [3.8, 4) is 0 Å². The highest BCUT2D eigenvalue weighted by molar-refractivity contribution is 6.27. The van der Waals surface area contributed by atoms with E-state index < -0.39 is 0 Å². The first-order valence-corrected chi connectivity index (χ1v) is 9.35. The maximum Gasteiger partial charge on any atom is 0.237 e. The van der Waals surface area contributed by atoms with Gasteiger partial charge in [0.25, 0.3) is 0 Å². The smallest absolute Gasteiger partial charge is 0.237 e. The number of rotatable bonds is 3. The lowest BCUT2D eigenvalue weighted by Crippen LogP contribution is -2.63. The highest BCUT2D eigenvalue weighted by Gasteiger charge is 2.47. The summed E-state index contributed by atoms with van der Waals surface area (Å²) in [4.78, 5) is 16.2. The minimum Gasteiger partial charge on any atom is -0.387 e. The van der Waals surface area contributed by atoms with Crippen LogP contribution < -0.4 is 5.32 Å². The average molecular weight is 368 g/mol. The number of alkyl halides is 1. The molecule has 0 saturated carbocycles. The summed E-state index contributed by atoms with van der Waals surface area (Å²) in [5.74, 6) is -0.256. The predicted molar refractivity (Wildman–Crippen MR) is 99.9 cm³/mol. The molecule has 6 heteroatoms. The number of carbonyl (C=O) groups excluding carboxylic acids is 1. The fraction of sp³-hybridized carbons (Fsp3) is 0.526. The zero-order chi connectivity index (χ0) is 18.4. The van der Waals surface area contributed by atoms with Crippen molar-refractivity contribution >= 4 is 17.5 Å². The van der Waals surface area contributed by atoms with E-state index in [9.17, 15) is 9.18 Å². The number of hydrogen-bond donors (Lipinski definition) is 1. The van der Waals surface area contributed by atoms with Crippen LogP contribution >= 0.6 is 11.6 Å². The molecular formula is C19H27ClFN3O. The highest BCUT2D eigenvalue weighted by atomic mass is 35.5. The first-order valence-electron chi connectivity index (χ1n) is 8.82. The van der Waals surface area contributed by atoms with Crippen molar-refractivity contribution < 1.29 is 9.18 Å². The second-order valence-corrected chi connectivity index (χ2v) is 6.45. The van der Waals surface area contributed by atoms with E-state index in [1.54, 1.807) is 0 Å². The van der Waals surface area contributed by atoms with E-state index in [4.69, 9.17) is 11.6 Å². The molecule has 3 rings (SSSR count). The fourth-order valence-corrected chi connectivity index (χ4v) is 3.72. The van der Waals surface area contributed by atoms with Gasteiger partial charge in [-0.25, -0.2) is 4.39 Å². The molecule has 1 aromatic carbocycles. The third kappa shape index (κ3) is 4.15. The summed E-state index contributed by atoms with van der Waals surface area (Å²) in [6.07, 6.45) is 0.902. The largest absolute Gasteiger partial charge is 0.387 e. The Labute approximate surface area is 154 Å². The molecule has 4 nitrogen and oxygen atoms in total. The number of nitrogens with zero attached hydrogens (tertiary/aromatic N) is 2. The lowest BCUT2D eigenvalue weighted by atomic mass is 9.89. The Bertz CT molecular complexity index is 607. The molecule has 1 amide bonds. The van der Waals surface area contributed by atoms with Crippen molar-refractivity contribution in [2.45, 2.75) is 32.4 Å². The summed E-state index contributed by atoms with van der Waals surface area (Å²) in [5.41, 5.74) is 1.74. The second-order valence-electron chi connectivity index (χ2n) is 6.18. The summed E-state index contributed by atoms with van der Waals surface area (Å²) in [6, 6.07) is 6.59. The molecule has 25 heavy (non-hydrogen) atoms. The molecule has 1 unspecified atom stereocenters. The van der Waals surface area contributed by atoms with Gasteiger partial charge >= 0.3 is 0 Å². The van der Waals surface area contributed by atoms with Crippen LogP contribution in [0.3, 0.4) is 0 Å². The van der Waals surface area contributed by atoms with Gasteiger partial charge in [0.1, 0.15) is 11.7 Å². The van der Waals surface area contributed by atoms with Gasteiger partial charge in [0, 0.05) is 38.4 Å². The molecule has 0 aromatic heterocycles. The van der Waals surface area contributed by atoms with Crippen LogP contribution in [-0.2, 0) is 11.3 Å². The molecule has 1 spiro atoms. The molecule has 0 aliphatic carbocycles. The number of benzene rings is 1. The van der Waals surface area contributed by atoms with Crippen LogP contribution in [0.15, 0.2) is 36.5 Å². The number of nitrogens with one attached hydrogen (secondary N) is 1. The summed E-state index contributed by atoms with van der Waals surface area (Å²) in [7, 11) is 0. The van der Waals surface area contributed by atoms with Gasteiger partial charge in [0.05, 0.1) is 5.54 Å². The van der Waals surface area contributed by atoms with Gasteiger partial charge in [0.15, 0.2) is 0 Å². The Kier molecular flexibility index (Phi) is 6.85. The zero-order valence-corrected chi connectivity index (χ0v) is 15.8. The summed E-state index contributed by atoms with van der Waals surface area (Å²) < 4.78 is 13.1. The third-order valence-electron chi connectivity index (χ3n) is 4.89. The maximum atomic E-state index is 13.1. The van der Waals surface area contributed by atoms with Gasteiger partial charge in [0.2, 0.25) is 5.91 Å². The van der Waals surface area contributed by atoms with Crippen LogP contribution in [0, 0.1) is 5.82 Å². The number of piperazine rings is 1. The summed E-state index contributed by atoms with van der Waals surface area (Å²) in [5, 5.41) is 3.32. The maximum absolute atomic E-state index is 13.1. The van der Waals surface area contributed by atoms with Crippen molar-refractivity contribution in [3.63, 3.8) is 0 Å². The first-order chi connectivity index (χ1) is 12.0. The average Bonchev–Trinajstić information content (AvgIpc) is 3.00. The SMILES string of the molecule is C=C1NCCC12CN(C(=O)CCl)CCN2Cc1ccc(F)cc1.CC. The number of hydrogen-bond acceptors (Lipinski definition) is 3. The molecule has 2 heterocycles. The lowest BCUT2D eigenvalue weighted by Gasteiger charge is -2.49. The van der Waals surface area contributed by atoms with Crippen molar-refractivity contribution in [1.29, 1.82) is 0 Å². The number of amides is 1. The highest BCUT2D eigenvalue weighted by Crippen LogP contribution is 2.35. The third-order valence-corrected chi connectivity index (χ3v) is 5.12. The Hall–Kier alpha value is -1.59. The van der Waals surface area contributed by atoms with E-state index in [-0.39, 0.29) is 23.1 Å². The molecule has 138 valence electrons. The van der Waals surface area contributed by atoms with Gasteiger partial charge in [-0.05, 0) is 24.1 Å².